The van der Waals surface area contributed by atoms with Crippen molar-refractivity contribution in [2.75, 3.05) is 34.7 Å². The molecule has 11 heteroatoms. The number of hydrogen-bond acceptors (Lipinski definition) is 6. The van der Waals surface area contributed by atoms with Crippen molar-refractivity contribution in [2.45, 2.75) is 112 Å². The number of rotatable bonds is 17. The SMILES string of the molecule is C/C=C/CC(C)C(O)C(C(=O)NC(CC)C(=O)N(C)CC)N(C)C(=O)C(C(C)C)N(C)C(=O)C(CC(C)C)N(C)C(C)=O. The highest BCUT2D eigenvalue weighted by atomic mass is 16.3. The van der Waals surface area contributed by atoms with Gasteiger partial charge < -0.3 is 30.0 Å². The molecule has 0 rings (SSSR count). The molecule has 0 saturated carbocycles. The second kappa shape index (κ2) is 18.7. The topological polar surface area (TPSA) is 131 Å². The molecule has 0 aliphatic rings. The average Bonchev–Trinajstić information content (AvgIpc) is 2.95. The van der Waals surface area contributed by atoms with Crippen molar-refractivity contribution in [3.63, 3.8) is 0 Å². The van der Waals surface area contributed by atoms with Gasteiger partial charge in [-0.15, -0.1) is 0 Å². The molecule has 6 atom stereocenters. The first kappa shape index (κ1) is 40.1. The average molecular weight is 610 g/mol. The summed E-state index contributed by atoms with van der Waals surface area (Å²) in [6, 6.07) is -3.89. The molecule has 11 nitrogen and oxygen atoms in total. The largest absolute Gasteiger partial charge is 0.390 e. The zero-order valence-electron chi connectivity index (χ0n) is 28.9. The zero-order chi connectivity index (χ0) is 33.8. The van der Waals surface area contributed by atoms with Crippen LogP contribution in [0.2, 0.25) is 0 Å². The summed E-state index contributed by atoms with van der Waals surface area (Å²) >= 11 is 0. The normalized spacial score (nSPS) is 15.8. The summed E-state index contributed by atoms with van der Waals surface area (Å²) in [6.45, 7) is 16.6. The molecule has 0 spiro atoms. The van der Waals surface area contributed by atoms with Crippen molar-refractivity contribution in [2.24, 2.45) is 17.8 Å². The fraction of sp³-hybridized carbons (Fsp3) is 0.781. The van der Waals surface area contributed by atoms with E-state index in [1.807, 2.05) is 39.8 Å². The van der Waals surface area contributed by atoms with Crippen LogP contribution in [0.3, 0.4) is 0 Å². The van der Waals surface area contributed by atoms with E-state index in [0.29, 0.717) is 25.8 Å². The highest BCUT2D eigenvalue weighted by molar-refractivity contribution is 5.95. The molecule has 0 aliphatic heterocycles. The van der Waals surface area contributed by atoms with Crippen LogP contribution in [-0.2, 0) is 24.0 Å². The van der Waals surface area contributed by atoms with Crippen LogP contribution in [0.1, 0.15) is 81.6 Å². The maximum absolute atomic E-state index is 14.2. The third-order valence-corrected chi connectivity index (χ3v) is 8.15. The van der Waals surface area contributed by atoms with Crippen LogP contribution in [0.5, 0.6) is 0 Å². The summed E-state index contributed by atoms with van der Waals surface area (Å²) in [5.74, 6) is -2.71. The van der Waals surface area contributed by atoms with Crippen LogP contribution >= 0.6 is 0 Å². The lowest BCUT2D eigenvalue weighted by molar-refractivity contribution is -0.156. The monoisotopic (exact) mass is 609 g/mol. The molecule has 0 aliphatic carbocycles. The number of aliphatic hydroxyl groups is 1. The van der Waals surface area contributed by atoms with Gasteiger partial charge in [0.1, 0.15) is 24.2 Å². The number of allylic oxidation sites excluding steroid dienone is 2. The van der Waals surface area contributed by atoms with E-state index in [0.717, 1.165) is 0 Å². The van der Waals surface area contributed by atoms with E-state index >= 15 is 0 Å². The first-order valence-corrected chi connectivity index (χ1v) is 15.5. The third kappa shape index (κ3) is 11.2. The molecule has 2 N–H and O–H groups in total. The quantitative estimate of drug-likeness (QED) is 0.244. The molecular weight excluding hydrogens is 550 g/mol. The number of nitrogens with one attached hydrogen (secondary N) is 1. The molecule has 0 aromatic rings. The molecule has 5 amide bonds. The third-order valence-electron chi connectivity index (χ3n) is 8.15. The lowest BCUT2D eigenvalue weighted by Crippen LogP contribution is -2.63. The lowest BCUT2D eigenvalue weighted by atomic mass is 9.91. The van der Waals surface area contributed by atoms with Gasteiger partial charge in [0.15, 0.2) is 0 Å². The minimum atomic E-state index is -1.32. The van der Waals surface area contributed by atoms with E-state index < -0.39 is 48.0 Å². The highest BCUT2D eigenvalue weighted by Gasteiger charge is 2.43. The molecule has 0 heterocycles. The van der Waals surface area contributed by atoms with E-state index in [1.54, 1.807) is 41.8 Å². The Bertz CT molecular complexity index is 968. The number of aliphatic hydroxyl groups excluding tert-OH is 1. The standard InChI is InChI=1S/C32H59N5O6/c1-14-17-18-22(8)28(39)27(29(40)33-24(15-2)30(41)34(10)16-3)37(13)32(43)26(21(6)7)36(12)31(42)25(19-20(4)5)35(11)23(9)38/h14,17,20-22,24-28,39H,15-16,18-19H2,1-13H3,(H,33,40)/b17-14+. The molecule has 0 radical (unpaired) electrons. The number of carbonyl (C=O) groups is 5. The Kier molecular flexibility index (Phi) is 17.4. The molecule has 0 bridgehead atoms. The maximum Gasteiger partial charge on any atom is 0.246 e. The van der Waals surface area contributed by atoms with Crippen LogP contribution in [0, 0.1) is 17.8 Å². The van der Waals surface area contributed by atoms with Crippen molar-refractivity contribution < 1.29 is 29.1 Å². The van der Waals surface area contributed by atoms with E-state index in [1.165, 1.54) is 40.6 Å². The fourth-order valence-corrected chi connectivity index (χ4v) is 5.09. The predicted octanol–water partition coefficient (Wildman–Crippen LogP) is 2.53. The van der Waals surface area contributed by atoms with Gasteiger partial charge in [0.25, 0.3) is 0 Å². The molecule has 6 unspecified atom stereocenters. The van der Waals surface area contributed by atoms with Gasteiger partial charge in [0.05, 0.1) is 6.10 Å². The van der Waals surface area contributed by atoms with Gasteiger partial charge in [-0.3, -0.25) is 24.0 Å². The second-order valence-corrected chi connectivity index (χ2v) is 12.4. The summed E-state index contributed by atoms with van der Waals surface area (Å²) in [5, 5.41) is 14.2. The van der Waals surface area contributed by atoms with Crippen molar-refractivity contribution in [1.82, 2.24) is 24.9 Å². The number of carbonyl (C=O) groups excluding carboxylic acids is 5. The van der Waals surface area contributed by atoms with Crippen molar-refractivity contribution in [3.8, 4) is 0 Å². The Hall–Kier alpha value is -2.95. The van der Waals surface area contributed by atoms with E-state index in [9.17, 15) is 29.1 Å². The smallest absolute Gasteiger partial charge is 0.246 e. The summed E-state index contributed by atoms with van der Waals surface area (Å²) in [5.41, 5.74) is 0. The Labute approximate surface area is 260 Å². The Balaban J connectivity index is 6.61. The Morgan fingerprint density at radius 2 is 1.35 bits per heavy atom. The first-order chi connectivity index (χ1) is 19.9. The first-order valence-electron chi connectivity index (χ1n) is 15.5. The van der Waals surface area contributed by atoms with Crippen LogP contribution < -0.4 is 5.32 Å². The van der Waals surface area contributed by atoms with Gasteiger partial charge in [-0.2, -0.15) is 0 Å². The van der Waals surface area contributed by atoms with Gasteiger partial charge in [-0.1, -0.05) is 53.7 Å². The number of amides is 5. The summed E-state index contributed by atoms with van der Waals surface area (Å²) < 4.78 is 0. The molecular formula is C32H59N5O6. The lowest BCUT2D eigenvalue weighted by Gasteiger charge is -2.40. The summed E-state index contributed by atoms with van der Waals surface area (Å²) in [7, 11) is 6.20. The van der Waals surface area contributed by atoms with Gasteiger partial charge in [0.2, 0.25) is 29.5 Å². The van der Waals surface area contributed by atoms with E-state index in [2.05, 4.69) is 5.32 Å². The number of likely N-dealkylation sites (N-methyl/N-ethyl adjacent to an activating group) is 4. The summed E-state index contributed by atoms with van der Waals surface area (Å²) in [4.78, 5) is 72.4. The molecule has 0 saturated heterocycles. The zero-order valence-corrected chi connectivity index (χ0v) is 28.9. The number of hydrogen-bond donors (Lipinski definition) is 2. The van der Waals surface area contributed by atoms with E-state index in [-0.39, 0.29) is 29.6 Å². The van der Waals surface area contributed by atoms with E-state index in [4.69, 9.17) is 0 Å². The van der Waals surface area contributed by atoms with Gasteiger partial charge in [0, 0.05) is 41.7 Å². The molecule has 0 fully saturated rings. The minimum Gasteiger partial charge on any atom is -0.390 e. The van der Waals surface area contributed by atoms with Gasteiger partial charge in [-0.25, -0.2) is 0 Å². The minimum absolute atomic E-state index is 0.114. The molecule has 0 aromatic carbocycles. The maximum atomic E-state index is 14.2. The number of nitrogens with zero attached hydrogens (tertiary/aromatic N) is 4. The van der Waals surface area contributed by atoms with Crippen LogP contribution in [-0.4, -0.2) is 119 Å². The van der Waals surface area contributed by atoms with Crippen molar-refractivity contribution in [1.29, 1.82) is 0 Å². The molecule has 0 aromatic heterocycles. The van der Waals surface area contributed by atoms with Crippen LogP contribution in [0.25, 0.3) is 0 Å². The van der Waals surface area contributed by atoms with Gasteiger partial charge >= 0.3 is 0 Å². The highest BCUT2D eigenvalue weighted by Crippen LogP contribution is 2.23. The Morgan fingerprint density at radius 3 is 1.77 bits per heavy atom. The van der Waals surface area contributed by atoms with Crippen LogP contribution in [0.4, 0.5) is 0 Å². The molecule has 43 heavy (non-hydrogen) atoms. The Morgan fingerprint density at radius 1 is 0.814 bits per heavy atom. The summed E-state index contributed by atoms with van der Waals surface area (Å²) in [6.07, 6.45) is 3.69. The molecule has 248 valence electrons. The van der Waals surface area contributed by atoms with Crippen molar-refractivity contribution in [3.05, 3.63) is 12.2 Å². The van der Waals surface area contributed by atoms with Gasteiger partial charge in [-0.05, 0) is 50.9 Å². The van der Waals surface area contributed by atoms with Crippen molar-refractivity contribution >= 4 is 29.5 Å². The fourth-order valence-electron chi connectivity index (χ4n) is 5.09. The predicted molar refractivity (Wildman–Crippen MR) is 170 cm³/mol. The van der Waals surface area contributed by atoms with Crippen LogP contribution in [0.15, 0.2) is 12.2 Å². The second-order valence-electron chi connectivity index (χ2n) is 12.4.